The van der Waals surface area contributed by atoms with E-state index in [1.165, 1.54) is 0 Å². The van der Waals surface area contributed by atoms with Crippen molar-refractivity contribution in [2.75, 3.05) is 10.6 Å². The highest BCUT2D eigenvalue weighted by atomic mass is 16.2. The van der Waals surface area contributed by atoms with Crippen LogP contribution in [0.15, 0.2) is 36.5 Å². The molecule has 6 nitrogen and oxygen atoms in total. The van der Waals surface area contributed by atoms with Gasteiger partial charge in [0, 0.05) is 24.0 Å². The molecule has 3 rings (SSSR count). The zero-order valence-electron chi connectivity index (χ0n) is 16.0. The van der Waals surface area contributed by atoms with Gasteiger partial charge in [0.15, 0.2) is 0 Å². The molecule has 1 aliphatic carbocycles. The first-order chi connectivity index (χ1) is 13.0. The highest BCUT2D eigenvalue weighted by Gasteiger charge is 2.35. The lowest BCUT2D eigenvalue weighted by atomic mass is 10.0. The van der Waals surface area contributed by atoms with E-state index in [0.717, 1.165) is 29.7 Å². The minimum Gasteiger partial charge on any atom is -0.329 e. The van der Waals surface area contributed by atoms with Gasteiger partial charge in [0.05, 0.1) is 11.7 Å². The maximum atomic E-state index is 12.6. The number of benzene rings is 1. The van der Waals surface area contributed by atoms with Crippen molar-refractivity contribution in [3.05, 3.63) is 53.3 Å². The van der Waals surface area contributed by atoms with Crippen LogP contribution in [-0.2, 0) is 4.79 Å². The normalized spacial score (nSPS) is 14.3. The fourth-order valence-corrected chi connectivity index (χ4v) is 3.04. The van der Waals surface area contributed by atoms with E-state index in [1.807, 2.05) is 38.1 Å². The van der Waals surface area contributed by atoms with Crippen molar-refractivity contribution in [2.24, 2.45) is 5.92 Å². The van der Waals surface area contributed by atoms with Crippen LogP contribution in [0.1, 0.15) is 49.0 Å². The fourth-order valence-electron chi connectivity index (χ4n) is 3.04. The van der Waals surface area contributed by atoms with Gasteiger partial charge >= 0.3 is 6.03 Å². The largest absolute Gasteiger partial charge is 0.329 e. The molecule has 142 valence electrons. The maximum absolute atomic E-state index is 12.6. The quantitative estimate of drug-likeness (QED) is 0.712. The molecule has 0 aliphatic heterocycles. The van der Waals surface area contributed by atoms with E-state index in [1.54, 1.807) is 19.2 Å². The van der Waals surface area contributed by atoms with Crippen molar-refractivity contribution in [3.8, 4) is 0 Å². The number of carbonyl (C=O) groups is 2. The molecule has 1 heterocycles. The van der Waals surface area contributed by atoms with Gasteiger partial charge in [-0.3, -0.25) is 9.78 Å². The Kier molecular flexibility index (Phi) is 5.74. The molecular weight excluding hydrogens is 340 g/mol. The Labute approximate surface area is 159 Å². The SMILES string of the molecule is CCC(=O)Nc1cc(NC(=O)N[C@H](c2ncccc2C)C2CC2)ccc1C. The van der Waals surface area contributed by atoms with Crippen LogP contribution in [0.25, 0.3) is 0 Å². The van der Waals surface area contributed by atoms with Gasteiger partial charge in [-0.2, -0.15) is 0 Å². The van der Waals surface area contributed by atoms with Crippen molar-refractivity contribution >= 4 is 23.3 Å². The molecule has 0 spiro atoms. The number of hydrogen-bond donors (Lipinski definition) is 3. The van der Waals surface area contributed by atoms with E-state index >= 15 is 0 Å². The van der Waals surface area contributed by atoms with Crippen LogP contribution in [0.4, 0.5) is 16.2 Å². The van der Waals surface area contributed by atoms with Crippen LogP contribution in [0.2, 0.25) is 0 Å². The van der Waals surface area contributed by atoms with Crippen LogP contribution in [0.3, 0.4) is 0 Å². The van der Waals surface area contributed by atoms with E-state index in [9.17, 15) is 9.59 Å². The van der Waals surface area contributed by atoms with Gasteiger partial charge in [0.2, 0.25) is 5.91 Å². The number of nitrogens with one attached hydrogen (secondary N) is 3. The minimum atomic E-state index is -0.270. The zero-order chi connectivity index (χ0) is 19.4. The van der Waals surface area contributed by atoms with Crippen LogP contribution in [0, 0.1) is 19.8 Å². The van der Waals surface area contributed by atoms with Gasteiger partial charge in [0.25, 0.3) is 0 Å². The molecule has 1 aliphatic rings. The average Bonchev–Trinajstić information content (AvgIpc) is 3.48. The molecular formula is C21H26N4O2. The Morgan fingerprint density at radius 2 is 1.93 bits per heavy atom. The van der Waals surface area contributed by atoms with Gasteiger partial charge in [0.1, 0.15) is 0 Å². The third-order valence-electron chi connectivity index (χ3n) is 4.82. The summed E-state index contributed by atoms with van der Waals surface area (Å²) in [6, 6.07) is 9.04. The lowest BCUT2D eigenvalue weighted by molar-refractivity contribution is -0.115. The van der Waals surface area contributed by atoms with E-state index in [-0.39, 0.29) is 18.0 Å². The maximum Gasteiger partial charge on any atom is 0.319 e. The summed E-state index contributed by atoms with van der Waals surface area (Å²) in [7, 11) is 0. The second kappa shape index (κ2) is 8.20. The Morgan fingerprint density at radius 1 is 1.15 bits per heavy atom. The van der Waals surface area contributed by atoms with E-state index in [0.29, 0.717) is 23.7 Å². The number of urea groups is 1. The van der Waals surface area contributed by atoms with Crippen molar-refractivity contribution in [2.45, 2.75) is 46.1 Å². The summed E-state index contributed by atoms with van der Waals surface area (Å²) < 4.78 is 0. The lowest BCUT2D eigenvalue weighted by Gasteiger charge is -2.20. The first kappa shape index (κ1) is 18.9. The predicted octanol–water partition coefficient (Wildman–Crippen LogP) is 4.32. The Balaban J connectivity index is 1.70. The summed E-state index contributed by atoms with van der Waals surface area (Å²) in [5.41, 5.74) is 4.29. The summed E-state index contributed by atoms with van der Waals surface area (Å²) >= 11 is 0. The molecule has 3 amide bonds. The van der Waals surface area contributed by atoms with Crippen LogP contribution in [-0.4, -0.2) is 16.9 Å². The highest BCUT2D eigenvalue weighted by Crippen LogP contribution is 2.41. The smallest absolute Gasteiger partial charge is 0.319 e. The number of pyridine rings is 1. The van der Waals surface area contributed by atoms with Crippen molar-refractivity contribution in [1.82, 2.24) is 10.3 Å². The molecule has 0 saturated heterocycles. The third kappa shape index (κ3) is 4.84. The monoisotopic (exact) mass is 366 g/mol. The third-order valence-corrected chi connectivity index (χ3v) is 4.82. The number of nitrogens with zero attached hydrogens (tertiary/aromatic N) is 1. The molecule has 3 N–H and O–H groups in total. The molecule has 1 fully saturated rings. The van der Waals surface area contributed by atoms with E-state index in [2.05, 4.69) is 20.9 Å². The summed E-state index contributed by atoms with van der Waals surface area (Å²) in [5.74, 6) is 0.376. The molecule has 0 bridgehead atoms. The lowest BCUT2D eigenvalue weighted by Crippen LogP contribution is -2.34. The predicted molar refractivity (Wildman–Crippen MR) is 107 cm³/mol. The first-order valence-electron chi connectivity index (χ1n) is 9.37. The van der Waals surface area contributed by atoms with Crippen molar-refractivity contribution < 1.29 is 9.59 Å². The Bertz CT molecular complexity index is 846. The second-order valence-corrected chi connectivity index (χ2v) is 7.05. The Hall–Kier alpha value is -2.89. The Morgan fingerprint density at radius 3 is 2.59 bits per heavy atom. The second-order valence-electron chi connectivity index (χ2n) is 7.05. The summed E-state index contributed by atoms with van der Waals surface area (Å²) in [6.45, 7) is 5.74. The standard InChI is InChI=1S/C21H26N4O2/c1-4-18(26)24-17-12-16(10-7-13(17)2)23-21(27)25-20(15-8-9-15)19-14(3)6-5-11-22-19/h5-7,10-12,15,20H,4,8-9H2,1-3H3,(H,24,26)(H2,23,25,27)/t20-/m0/s1. The summed E-state index contributed by atoms with van der Waals surface area (Å²) in [5, 5.41) is 8.80. The molecule has 0 unspecified atom stereocenters. The number of hydrogen-bond acceptors (Lipinski definition) is 3. The van der Waals surface area contributed by atoms with Gasteiger partial charge in [-0.15, -0.1) is 0 Å². The molecule has 6 heteroatoms. The molecule has 1 aromatic heterocycles. The van der Waals surface area contributed by atoms with Gasteiger partial charge < -0.3 is 16.0 Å². The number of aromatic nitrogens is 1. The molecule has 2 aromatic rings. The zero-order valence-corrected chi connectivity index (χ0v) is 16.0. The van der Waals surface area contributed by atoms with Crippen molar-refractivity contribution in [3.63, 3.8) is 0 Å². The van der Waals surface area contributed by atoms with E-state index in [4.69, 9.17) is 0 Å². The first-order valence-corrected chi connectivity index (χ1v) is 9.37. The molecule has 1 aromatic carbocycles. The number of rotatable bonds is 6. The molecule has 0 radical (unpaired) electrons. The number of aryl methyl sites for hydroxylation is 2. The van der Waals surface area contributed by atoms with Gasteiger partial charge in [-0.05, 0) is 61.9 Å². The summed E-state index contributed by atoms with van der Waals surface area (Å²) in [4.78, 5) is 28.7. The molecule has 1 atom stereocenters. The molecule has 1 saturated carbocycles. The molecule has 27 heavy (non-hydrogen) atoms. The number of amides is 3. The van der Waals surface area contributed by atoms with Crippen LogP contribution >= 0.6 is 0 Å². The summed E-state index contributed by atoms with van der Waals surface area (Å²) in [6.07, 6.45) is 4.36. The van der Waals surface area contributed by atoms with Gasteiger partial charge in [-0.25, -0.2) is 4.79 Å². The van der Waals surface area contributed by atoms with Gasteiger partial charge in [-0.1, -0.05) is 19.1 Å². The fraction of sp³-hybridized carbons (Fsp3) is 0.381. The van der Waals surface area contributed by atoms with Crippen molar-refractivity contribution in [1.29, 1.82) is 0 Å². The van der Waals surface area contributed by atoms with Crippen LogP contribution in [0.5, 0.6) is 0 Å². The van der Waals surface area contributed by atoms with E-state index < -0.39 is 0 Å². The van der Waals surface area contributed by atoms with Crippen LogP contribution < -0.4 is 16.0 Å². The number of anilines is 2. The topological polar surface area (TPSA) is 83.1 Å². The highest BCUT2D eigenvalue weighted by molar-refractivity contribution is 5.94. The average molecular weight is 366 g/mol. The minimum absolute atomic E-state index is 0.0564. The number of carbonyl (C=O) groups excluding carboxylic acids is 2.